The second-order valence-corrected chi connectivity index (χ2v) is 9.84. The largest absolute Gasteiger partial charge is 0.492 e. The summed E-state index contributed by atoms with van der Waals surface area (Å²) in [6.07, 6.45) is 1.20. The number of carbonyl (C=O) groups is 2. The number of halogens is 2. The third kappa shape index (κ3) is 4.98. The summed E-state index contributed by atoms with van der Waals surface area (Å²) in [7, 11) is -3.91. The van der Waals surface area contributed by atoms with Crippen molar-refractivity contribution in [2.45, 2.75) is 42.2 Å². The van der Waals surface area contributed by atoms with Crippen LogP contribution in [-0.2, 0) is 14.8 Å². The van der Waals surface area contributed by atoms with Crippen molar-refractivity contribution in [2.24, 2.45) is 0 Å². The van der Waals surface area contributed by atoms with Gasteiger partial charge in [0.1, 0.15) is 29.5 Å². The summed E-state index contributed by atoms with van der Waals surface area (Å²) in [5.41, 5.74) is -1.08. The average molecular weight is 480 g/mol. The highest BCUT2D eigenvalue weighted by Crippen LogP contribution is 2.34. The van der Waals surface area contributed by atoms with Crippen LogP contribution < -0.4 is 14.8 Å². The predicted molar refractivity (Wildman–Crippen MR) is 114 cm³/mol. The molecule has 11 heteroatoms. The minimum absolute atomic E-state index is 0.0272. The number of ether oxygens (including phenoxy) is 1. The molecule has 176 valence electrons. The van der Waals surface area contributed by atoms with Gasteiger partial charge in [0.25, 0.3) is 5.91 Å². The van der Waals surface area contributed by atoms with Crippen molar-refractivity contribution in [3.8, 4) is 5.75 Å². The van der Waals surface area contributed by atoms with Gasteiger partial charge in [0, 0.05) is 6.04 Å². The Bertz CT molecular complexity index is 1150. The second-order valence-electron chi connectivity index (χ2n) is 8.12. The molecule has 1 aliphatic heterocycles. The molecule has 2 N–H and O–H groups in total. The van der Waals surface area contributed by atoms with Gasteiger partial charge in [-0.05, 0) is 68.1 Å². The lowest BCUT2D eigenvalue weighted by molar-refractivity contribution is -0.132. The molecule has 0 radical (unpaired) electrons. The minimum atomic E-state index is -3.91. The topological polar surface area (TPSA) is 105 Å². The summed E-state index contributed by atoms with van der Waals surface area (Å²) in [6.45, 7) is 0.0797. The summed E-state index contributed by atoms with van der Waals surface area (Å²) in [5.74, 6) is -0.999. The maximum atomic E-state index is 13.4. The standard InChI is InChI=1S/C22H23F2N3O5S/c23-15-4-6-18(7-5-15)32-13-12-27-20(28)22(25-21(27)29)10-8-17(9-11-22)26-33(30,31)19-3-1-2-16(24)14-19/h1-7,14,17,26H,8-13H2,(H,25,29). The van der Waals surface area contributed by atoms with E-state index >= 15 is 0 Å². The fourth-order valence-corrected chi connectivity index (χ4v) is 5.49. The zero-order valence-corrected chi connectivity index (χ0v) is 18.4. The molecule has 1 spiro atoms. The number of nitrogens with one attached hydrogen (secondary N) is 2. The van der Waals surface area contributed by atoms with Crippen molar-refractivity contribution >= 4 is 22.0 Å². The number of nitrogens with zero attached hydrogens (tertiary/aromatic N) is 1. The lowest BCUT2D eigenvalue weighted by atomic mass is 9.79. The third-order valence-corrected chi connectivity index (χ3v) is 7.43. The van der Waals surface area contributed by atoms with Crippen molar-refractivity contribution in [2.75, 3.05) is 13.2 Å². The molecule has 2 fully saturated rings. The SMILES string of the molecule is O=C1NC2(CCC(NS(=O)(=O)c3cccc(F)c3)CC2)C(=O)N1CCOc1ccc(F)cc1. The van der Waals surface area contributed by atoms with Crippen LogP contribution in [0, 0.1) is 11.6 Å². The van der Waals surface area contributed by atoms with Crippen LogP contribution in [-0.4, -0.2) is 50.0 Å². The monoisotopic (exact) mass is 479 g/mol. The first kappa shape index (κ1) is 23.1. The van der Waals surface area contributed by atoms with E-state index in [2.05, 4.69) is 10.0 Å². The summed E-state index contributed by atoms with van der Waals surface area (Å²) >= 11 is 0. The molecule has 33 heavy (non-hydrogen) atoms. The summed E-state index contributed by atoms with van der Waals surface area (Å²) in [5, 5.41) is 2.75. The molecule has 1 heterocycles. The van der Waals surface area contributed by atoms with Gasteiger partial charge in [0.05, 0.1) is 11.4 Å². The normalized spacial score (nSPS) is 23.1. The van der Waals surface area contributed by atoms with Gasteiger partial charge in [-0.3, -0.25) is 9.69 Å². The van der Waals surface area contributed by atoms with Crippen molar-refractivity contribution in [1.82, 2.24) is 14.9 Å². The molecule has 2 aromatic rings. The summed E-state index contributed by atoms with van der Waals surface area (Å²) in [6, 6.07) is 9.17. The first-order chi connectivity index (χ1) is 15.7. The van der Waals surface area contributed by atoms with Crippen LogP contribution >= 0.6 is 0 Å². The van der Waals surface area contributed by atoms with E-state index in [1.165, 1.54) is 36.4 Å². The number of urea groups is 1. The number of sulfonamides is 1. The van der Waals surface area contributed by atoms with E-state index in [0.717, 1.165) is 17.0 Å². The van der Waals surface area contributed by atoms with Crippen LogP contribution in [0.5, 0.6) is 5.75 Å². The van der Waals surface area contributed by atoms with Crippen LogP contribution in [0.1, 0.15) is 25.7 Å². The van der Waals surface area contributed by atoms with E-state index in [9.17, 15) is 26.8 Å². The van der Waals surface area contributed by atoms with Crippen LogP contribution in [0.2, 0.25) is 0 Å². The van der Waals surface area contributed by atoms with Gasteiger partial charge in [-0.25, -0.2) is 26.7 Å². The molecule has 1 saturated heterocycles. The second kappa shape index (κ2) is 9.06. The molecule has 3 amide bonds. The maximum absolute atomic E-state index is 13.4. The van der Waals surface area contributed by atoms with Gasteiger partial charge in [0.15, 0.2) is 0 Å². The Balaban J connectivity index is 1.32. The Morgan fingerprint density at radius 2 is 1.76 bits per heavy atom. The average Bonchev–Trinajstić information content (AvgIpc) is 3.00. The fourth-order valence-electron chi connectivity index (χ4n) is 4.15. The Hall–Kier alpha value is -3.05. The van der Waals surface area contributed by atoms with Gasteiger partial charge in [-0.1, -0.05) is 6.07 Å². The van der Waals surface area contributed by atoms with Gasteiger partial charge in [0.2, 0.25) is 10.0 Å². The number of rotatable bonds is 7. The molecule has 0 atom stereocenters. The first-order valence-corrected chi connectivity index (χ1v) is 12.0. The highest BCUT2D eigenvalue weighted by atomic mass is 32.2. The molecule has 4 rings (SSSR count). The number of amides is 3. The van der Waals surface area contributed by atoms with Gasteiger partial charge < -0.3 is 10.1 Å². The number of imide groups is 1. The highest BCUT2D eigenvalue weighted by Gasteiger charge is 2.52. The zero-order valence-electron chi connectivity index (χ0n) is 17.6. The van der Waals surface area contributed by atoms with E-state index in [4.69, 9.17) is 4.74 Å². The Kier molecular flexibility index (Phi) is 6.35. The molecular weight excluding hydrogens is 456 g/mol. The van der Waals surface area contributed by atoms with Crippen LogP contribution in [0.25, 0.3) is 0 Å². The number of benzene rings is 2. The van der Waals surface area contributed by atoms with Crippen LogP contribution in [0.3, 0.4) is 0 Å². The van der Waals surface area contributed by atoms with E-state index in [1.54, 1.807) is 0 Å². The van der Waals surface area contributed by atoms with E-state index in [0.29, 0.717) is 18.6 Å². The fraction of sp³-hybridized carbons (Fsp3) is 0.364. The van der Waals surface area contributed by atoms with Crippen molar-refractivity contribution in [3.05, 3.63) is 60.2 Å². The Morgan fingerprint density at radius 1 is 1.06 bits per heavy atom. The molecule has 0 unspecified atom stereocenters. The van der Waals surface area contributed by atoms with Crippen LogP contribution in [0.15, 0.2) is 53.4 Å². The lowest BCUT2D eigenvalue weighted by Crippen LogP contribution is -2.52. The first-order valence-electron chi connectivity index (χ1n) is 10.5. The molecule has 0 aromatic heterocycles. The smallest absolute Gasteiger partial charge is 0.325 e. The lowest BCUT2D eigenvalue weighted by Gasteiger charge is -2.35. The molecule has 1 aliphatic carbocycles. The molecular formula is C22H23F2N3O5S. The van der Waals surface area contributed by atoms with Gasteiger partial charge in [-0.2, -0.15) is 0 Å². The summed E-state index contributed by atoms with van der Waals surface area (Å²) < 4.78 is 59.5. The molecule has 0 bridgehead atoms. The molecule has 2 aliphatic rings. The maximum Gasteiger partial charge on any atom is 0.325 e. The third-order valence-electron chi connectivity index (χ3n) is 5.91. The quantitative estimate of drug-likeness (QED) is 0.594. The number of carbonyl (C=O) groups excluding carboxylic acids is 2. The highest BCUT2D eigenvalue weighted by molar-refractivity contribution is 7.89. The molecule has 2 aromatic carbocycles. The van der Waals surface area contributed by atoms with E-state index in [-0.39, 0.29) is 36.8 Å². The minimum Gasteiger partial charge on any atom is -0.492 e. The van der Waals surface area contributed by atoms with Crippen molar-refractivity contribution in [3.63, 3.8) is 0 Å². The predicted octanol–water partition coefficient (Wildman–Crippen LogP) is 2.56. The van der Waals surface area contributed by atoms with Crippen LogP contribution in [0.4, 0.5) is 13.6 Å². The Morgan fingerprint density at radius 3 is 2.42 bits per heavy atom. The van der Waals surface area contributed by atoms with Crippen molar-refractivity contribution in [1.29, 1.82) is 0 Å². The zero-order chi connectivity index (χ0) is 23.6. The number of hydrogen-bond acceptors (Lipinski definition) is 5. The summed E-state index contributed by atoms with van der Waals surface area (Å²) in [4.78, 5) is 26.3. The van der Waals surface area contributed by atoms with Gasteiger partial charge >= 0.3 is 6.03 Å². The molecule has 8 nitrogen and oxygen atoms in total. The van der Waals surface area contributed by atoms with E-state index in [1.807, 2.05) is 0 Å². The van der Waals surface area contributed by atoms with Gasteiger partial charge in [-0.15, -0.1) is 0 Å². The van der Waals surface area contributed by atoms with Crippen molar-refractivity contribution < 1.29 is 31.5 Å². The Labute approximate surface area is 190 Å². The van der Waals surface area contributed by atoms with E-state index < -0.39 is 39.3 Å². The number of hydrogen-bond donors (Lipinski definition) is 2. The molecule has 1 saturated carbocycles.